The molecule has 0 spiro atoms. The van der Waals surface area contributed by atoms with Crippen molar-refractivity contribution in [3.8, 4) is 0 Å². The third kappa shape index (κ3) is 5.80. The number of benzene rings is 1. The van der Waals surface area contributed by atoms with Gasteiger partial charge in [-0.15, -0.1) is 0 Å². The molecule has 2 rings (SSSR count). The Labute approximate surface area is 143 Å². The lowest BCUT2D eigenvalue weighted by atomic mass is 10.1. The average molecular weight is 335 g/mol. The highest BCUT2D eigenvalue weighted by atomic mass is 32.1. The Morgan fingerprint density at radius 2 is 2.04 bits per heavy atom. The summed E-state index contributed by atoms with van der Waals surface area (Å²) in [6.45, 7) is 3.63. The van der Waals surface area contributed by atoms with Gasteiger partial charge in [-0.05, 0) is 49.2 Å². The van der Waals surface area contributed by atoms with E-state index in [0.29, 0.717) is 24.8 Å². The molecule has 1 aromatic rings. The van der Waals surface area contributed by atoms with Crippen LogP contribution in [0.5, 0.6) is 0 Å². The van der Waals surface area contributed by atoms with Gasteiger partial charge in [-0.1, -0.05) is 12.1 Å². The van der Waals surface area contributed by atoms with E-state index in [1.165, 1.54) is 6.42 Å². The topological polar surface area (TPSA) is 53.6 Å². The molecular weight excluding hydrogens is 310 g/mol. The summed E-state index contributed by atoms with van der Waals surface area (Å²) in [6.07, 6.45) is 3.43. The van der Waals surface area contributed by atoms with Gasteiger partial charge in [-0.3, -0.25) is 4.79 Å². The number of hydrogen-bond acceptors (Lipinski definition) is 3. The average Bonchev–Trinajstić information content (AvgIpc) is 2.60. The van der Waals surface area contributed by atoms with Gasteiger partial charge in [0, 0.05) is 38.9 Å². The van der Waals surface area contributed by atoms with E-state index in [1.807, 2.05) is 29.2 Å². The molecule has 5 nitrogen and oxygen atoms in total. The Balaban J connectivity index is 1.86. The maximum absolute atomic E-state index is 12.5. The van der Waals surface area contributed by atoms with Gasteiger partial charge in [0.05, 0.1) is 6.61 Å². The summed E-state index contributed by atoms with van der Waals surface area (Å²) in [5.74, 6) is 0.132. The van der Waals surface area contributed by atoms with Crippen LogP contribution in [-0.2, 0) is 11.3 Å². The van der Waals surface area contributed by atoms with E-state index in [0.717, 1.165) is 37.1 Å². The fraction of sp³-hybridized carbons (Fsp3) is 0.529. The van der Waals surface area contributed by atoms with Crippen LogP contribution in [0.2, 0.25) is 0 Å². The van der Waals surface area contributed by atoms with Crippen molar-refractivity contribution in [1.82, 2.24) is 15.5 Å². The number of amides is 1. The van der Waals surface area contributed by atoms with Gasteiger partial charge in [-0.2, -0.15) is 0 Å². The van der Waals surface area contributed by atoms with Crippen molar-refractivity contribution < 1.29 is 9.53 Å². The molecule has 0 saturated carbocycles. The number of rotatable bonds is 6. The summed E-state index contributed by atoms with van der Waals surface area (Å²) in [4.78, 5) is 14.5. The fourth-order valence-electron chi connectivity index (χ4n) is 2.61. The van der Waals surface area contributed by atoms with Crippen molar-refractivity contribution in [3.63, 3.8) is 0 Å². The summed E-state index contributed by atoms with van der Waals surface area (Å²) in [5.41, 5.74) is 1.80. The normalized spacial score (nSPS) is 14.4. The zero-order chi connectivity index (χ0) is 16.5. The highest BCUT2D eigenvalue weighted by Crippen LogP contribution is 2.14. The van der Waals surface area contributed by atoms with Crippen molar-refractivity contribution >= 4 is 23.2 Å². The van der Waals surface area contributed by atoms with E-state index in [9.17, 15) is 4.79 Å². The van der Waals surface area contributed by atoms with E-state index < -0.39 is 0 Å². The van der Waals surface area contributed by atoms with Gasteiger partial charge in [0.2, 0.25) is 0 Å². The van der Waals surface area contributed by atoms with Gasteiger partial charge in [0.1, 0.15) is 0 Å². The lowest BCUT2D eigenvalue weighted by molar-refractivity contribution is 0.0724. The maximum Gasteiger partial charge on any atom is 0.253 e. The van der Waals surface area contributed by atoms with Gasteiger partial charge < -0.3 is 20.3 Å². The van der Waals surface area contributed by atoms with E-state index in [2.05, 4.69) is 10.6 Å². The van der Waals surface area contributed by atoms with Crippen LogP contribution in [0.15, 0.2) is 24.3 Å². The van der Waals surface area contributed by atoms with E-state index in [1.54, 1.807) is 7.11 Å². The number of hydrogen-bond donors (Lipinski definition) is 2. The molecule has 2 N–H and O–H groups in total. The number of ether oxygens (including phenoxy) is 1. The number of piperidine rings is 1. The second kappa shape index (κ2) is 9.47. The third-order valence-electron chi connectivity index (χ3n) is 3.86. The lowest BCUT2D eigenvalue weighted by Gasteiger charge is -2.26. The van der Waals surface area contributed by atoms with Crippen molar-refractivity contribution in [1.29, 1.82) is 0 Å². The van der Waals surface area contributed by atoms with Crippen LogP contribution < -0.4 is 10.6 Å². The molecule has 126 valence electrons. The monoisotopic (exact) mass is 335 g/mol. The number of nitrogens with zero attached hydrogens (tertiary/aromatic N) is 1. The Morgan fingerprint density at radius 1 is 1.26 bits per heavy atom. The molecule has 0 atom stereocenters. The smallest absolute Gasteiger partial charge is 0.253 e. The first kappa shape index (κ1) is 17.7. The molecule has 0 bridgehead atoms. The second-order valence-corrected chi connectivity index (χ2v) is 6.06. The molecule has 0 radical (unpaired) electrons. The molecule has 0 aromatic heterocycles. The molecule has 1 saturated heterocycles. The number of nitrogens with one attached hydrogen (secondary N) is 2. The SMILES string of the molecule is COCCNC(=S)NCc1cccc(C(=O)N2CCCCC2)c1. The Hall–Kier alpha value is -1.66. The minimum absolute atomic E-state index is 0.132. The minimum Gasteiger partial charge on any atom is -0.383 e. The zero-order valence-electron chi connectivity index (χ0n) is 13.6. The fourth-order valence-corrected chi connectivity index (χ4v) is 2.78. The first-order valence-electron chi connectivity index (χ1n) is 8.09. The molecule has 1 fully saturated rings. The Kier molecular flexibility index (Phi) is 7.29. The van der Waals surface area contributed by atoms with Gasteiger partial charge in [-0.25, -0.2) is 0 Å². The van der Waals surface area contributed by atoms with Crippen molar-refractivity contribution in [2.75, 3.05) is 33.4 Å². The van der Waals surface area contributed by atoms with Crippen molar-refractivity contribution in [3.05, 3.63) is 35.4 Å². The van der Waals surface area contributed by atoms with Crippen LogP contribution in [0.25, 0.3) is 0 Å². The standard InChI is InChI=1S/C17H25N3O2S/c1-22-11-8-18-17(23)19-13-14-6-5-7-15(12-14)16(21)20-9-3-2-4-10-20/h5-7,12H,2-4,8-11,13H2,1H3,(H2,18,19,23). The summed E-state index contributed by atoms with van der Waals surface area (Å²) in [6, 6.07) is 7.75. The van der Waals surface area contributed by atoms with Crippen molar-refractivity contribution in [2.45, 2.75) is 25.8 Å². The largest absolute Gasteiger partial charge is 0.383 e. The number of thiocarbonyl (C=S) groups is 1. The van der Waals surface area contributed by atoms with Crippen LogP contribution in [-0.4, -0.2) is 49.3 Å². The summed E-state index contributed by atoms with van der Waals surface area (Å²) >= 11 is 5.20. The predicted molar refractivity (Wildman–Crippen MR) is 95.5 cm³/mol. The molecular formula is C17H25N3O2S. The van der Waals surface area contributed by atoms with Crippen LogP contribution >= 0.6 is 12.2 Å². The highest BCUT2D eigenvalue weighted by Gasteiger charge is 2.18. The lowest BCUT2D eigenvalue weighted by Crippen LogP contribution is -2.37. The maximum atomic E-state index is 12.5. The molecule has 0 aliphatic carbocycles. The van der Waals surface area contributed by atoms with E-state index in [-0.39, 0.29) is 5.91 Å². The molecule has 1 heterocycles. The number of methoxy groups -OCH3 is 1. The predicted octanol–water partition coefficient (Wildman–Crippen LogP) is 1.92. The molecule has 1 aliphatic rings. The van der Waals surface area contributed by atoms with Crippen molar-refractivity contribution in [2.24, 2.45) is 0 Å². The van der Waals surface area contributed by atoms with Crippen LogP contribution in [0.4, 0.5) is 0 Å². The first-order chi connectivity index (χ1) is 11.2. The van der Waals surface area contributed by atoms with Crippen LogP contribution in [0.3, 0.4) is 0 Å². The van der Waals surface area contributed by atoms with Crippen LogP contribution in [0.1, 0.15) is 35.2 Å². The van der Waals surface area contributed by atoms with Gasteiger partial charge in [0.15, 0.2) is 5.11 Å². The van der Waals surface area contributed by atoms with E-state index >= 15 is 0 Å². The van der Waals surface area contributed by atoms with Gasteiger partial charge in [0.25, 0.3) is 5.91 Å². The molecule has 23 heavy (non-hydrogen) atoms. The van der Waals surface area contributed by atoms with E-state index in [4.69, 9.17) is 17.0 Å². The summed E-state index contributed by atoms with van der Waals surface area (Å²) < 4.78 is 4.96. The highest BCUT2D eigenvalue weighted by molar-refractivity contribution is 7.80. The summed E-state index contributed by atoms with van der Waals surface area (Å²) in [7, 11) is 1.66. The molecule has 6 heteroatoms. The first-order valence-corrected chi connectivity index (χ1v) is 8.50. The quantitative estimate of drug-likeness (QED) is 0.614. The number of likely N-dealkylation sites (tertiary alicyclic amines) is 1. The van der Waals surface area contributed by atoms with Crippen LogP contribution in [0, 0.1) is 0 Å². The Bertz CT molecular complexity index is 530. The minimum atomic E-state index is 0.132. The number of carbonyl (C=O) groups excluding carboxylic acids is 1. The molecule has 1 aliphatic heterocycles. The Morgan fingerprint density at radius 3 is 2.78 bits per heavy atom. The molecule has 0 unspecified atom stereocenters. The van der Waals surface area contributed by atoms with Gasteiger partial charge >= 0.3 is 0 Å². The zero-order valence-corrected chi connectivity index (χ0v) is 14.5. The second-order valence-electron chi connectivity index (χ2n) is 5.66. The molecule has 1 aromatic carbocycles. The molecule has 1 amide bonds. The summed E-state index contributed by atoms with van der Waals surface area (Å²) in [5, 5.41) is 6.80. The number of carbonyl (C=O) groups is 1. The third-order valence-corrected chi connectivity index (χ3v) is 4.15.